The molecule has 11 nitrogen and oxygen atoms in total. The Bertz CT molecular complexity index is 1240. The first-order valence-electron chi connectivity index (χ1n) is 18.7. The largest absolute Gasteiger partial charge is 0.346 e. The monoisotopic (exact) mass is 667 g/mol. The summed E-state index contributed by atoms with van der Waals surface area (Å²) in [5, 5.41) is 11.4. The highest BCUT2D eigenvalue weighted by Gasteiger charge is 2.69. The molecule has 2 heterocycles. The average Bonchev–Trinajstić information content (AvgIpc) is 3.96. The molecule has 5 amide bonds. The first-order chi connectivity index (χ1) is 23.0. The van der Waals surface area contributed by atoms with Crippen LogP contribution in [0.4, 0.5) is 4.79 Å². The van der Waals surface area contributed by atoms with E-state index < -0.39 is 47.8 Å². The highest BCUT2D eigenvalue weighted by atomic mass is 16.2. The van der Waals surface area contributed by atoms with Crippen molar-refractivity contribution in [1.82, 2.24) is 26.2 Å². The molecule has 4 N–H and O–H groups in total. The van der Waals surface area contributed by atoms with Gasteiger partial charge in [0.05, 0.1) is 12.1 Å². The molecule has 0 spiro atoms. The molecule has 11 heteroatoms. The van der Waals surface area contributed by atoms with Crippen molar-refractivity contribution in [3.63, 3.8) is 0 Å². The minimum atomic E-state index is -0.992. The Morgan fingerprint density at radius 3 is 2.15 bits per heavy atom. The molecule has 0 radical (unpaired) electrons. The highest BCUT2D eigenvalue weighted by molar-refractivity contribution is 6.38. The summed E-state index contributed by atoms with van der Waals surface area (Å²) in [6.07, 6.45) is 15.3. The summed E-state index contributed by atoms with van der Waals surface area (Å²) in [5.41, 5.74) is -0.156. The molecule has 3 saturated carbocycles. The molecule has 266 valence electrons. The van der Waals surface area contributed by atoms with Crippen LogP contribution in [-0.2, 0) is 24.0 Å². The van der Waals surface area contributed by atoms with Gasteiger partial charge in [-0.05, 0) is 61.7 Å². The third-order valence-corrected chi connectivity index (χ3v) is 11.8. The molecule has 5 aliphatic rings. The molecule has 0 aromatic heterocycles. The van der Waals surface area contributed by atoms with Gasteiger partial charge in [-0.1, -0.05) is 84.1 Å². The van der Waals surface area contributed by atoms with Crippen molar-refractivity contribution in [3.05, 3.63) is 12.7 Å². The van der Waals surface area contributed by atoms with Crippen LogP contribution in [0.1, 0.15) is 117 Å². The fraction of sp³-hybridized carbons (Fsp3) is 0.784. The number of piperidine rings is 1. The second-order valence-corrected chi connectivity index (χ2v) is 15.6. The summed E-state index contributed by atoms with van der Waals surface area (Å²) in [4.78, 5) is 82.8. The number of amides is 5. The summed E-state index contributed by atoms with van der Waals surface area (Å²) in [7, 11) is 0. The first-order valence-corrected chi connectivity index (χ1v) is 18.7. The van der Waals surface area contributed by atoms with Gasteiger partial charge in [-0.3, -0.25) is 24.0 Å². The molecule has 5 rings (SSSR count). The van der Waals surface area contributed by atoms with E-state index in [0.29, 0.717) is 25.8 Å². The molecule has 48 heavy (non-hydrogen) atoms. The van der Waals surface area contributed by atoms with Crippen molar-refractivity contribution in [2.24, 2.45) is 29.1 Å². The summed E-state index contributed by atoms with van der Waals surface area (Å²) >= 11 is 0. The number of carbonyl (C=O) groups excluding carboxylic acids is 6. The number of nitrogens with zero attached hydrogens (tertiary/aromatic N) is 1. The number of nitrogens with one attached hydrogen (secondary N) is 4. The Labute approximate surface area is 285 Å². The summed E-state index contributed by atoms with van der Waals surface area (Å²) < 4.78 is 0. The van der Waals surface area contributed by atoms with E-state index in [9.17, 15) is 28.8 Å². The van der Waals surface area contributed by atoms with Crippen molar-refractivity contribution in [2.45, 2.75) is 141 Å². The number of urea groups is 1. The molecule has 0 unspecified atom stereocenters. The lowest BCUT2D eigenvalue weighted by atomic mass is 9.81. The van der Waals surface area contributed by atoms with Gasteiger partial charge in [0.15, 0.2) is 5.78 Å². The number of hydrogen-bond donors (Lipinski definition) is 4. The Morgan fingerprint density at radius 2 is 1.50 bits per heavy atom. The normalized spacial score (nSPS) is 30.5. The number of fused-ring (bicyclic) bond motifs is 3. The molecule has 6 atom stereocenters. The Morgan fingerprint density at radius 1 is 0.896 bits per heavy atom. The fourth-order valence-corrected chi connectivity index (χ4v) is 8.64. The predicted molar refractivity (Wildman–Crippen MR) is 182 cm³/mol. The van der Waals surface area contributed by atoms with Crippen LogP contribution in [0.25, 0.3) is 0 Å². The van der Waals surface area contributed by atoms with Crippen LogP contribution in [0.5, 0.6) is 0 Å². The lowest BCUT2D eigenvalue weighted by Crippen LogP contribution is -2.59. The quantitative estimate of drug-likeness (QED) is 0.216. The topological polar surface area (TPSA) is 154 Å². The SMILES string of the molecule is C=CCNC(=O)C(=O)[C@H]1CCCCCCCCC[C@@H](NC(=O)N[C@H](C(=O)C2CC2)C2CCCCC2)C(=O)N2C[C@H]3[C@@H]([C@H]2C(=O)N1)C3(C)C. The van der Waals surface area contributed by atoms with Gasteiger partial charge in [0, 0.05) is 19.0 Å². The molecule has 2 aliphatic heterocycles. The number of carbonyl (C=O) groups is 6. The minimum absolute atomic E-state index is 0.0178. The van der Waals surface area contributed by atoms with Crippen LogP contribution in [0.2, 0.25) is 0 Å². The molecule has 0 aromatic carbocycles. The van der Waals surface area contributed by atoms with Crippen molar-refractivity contribution >= 4 is 35.3 Å². The van der Waals surface area contributed by atoms with Crippen LogP contribution in [-0.4, -0.2) is 77.5 Å². The van der Waals surface area contributed by atoms with E-state index in [1.807, 2.05) is 0 Å². The van der Waals surface area contributed by atoms with E-state index in [4.69, 9.17) is 0 Å². The standard InChI is InChI=1S/C37H57N5O6/c1-4-21-38-34(46)32(44)26-17-13-8-6-5-7-9-14-18-27(35(47)42-22-25-28(37(25,2)3)30(42)33(45)39-26)40-36(48)41-29(31(43)24-19-20-24)23-15-11-10-12-16-23/h4,23-30H,1,5-22H2,2-3H3,(H,38,46)(H,39,45)(H2,40,41,48)/t25-,26+,27+,28-,29-,30-/m0/s1. The van der Waals surface area contributed by atoms with E-state index in [0.717, 1.165) is 83.5 Å². The summed E-state index contributed by atoms with van der Waals surface area (Å²) in [6, 6.07) is -3.70. The van der Waals surface area contributed by atoms with E-state index in [1.54, 1.807) is 4.90 Å². The maximum atomic E-state index is 14.4. The predicted octanol–water partition coefficient (Wildman–Crippen LogP) is 3.95. The minimum Gasteiger partial charge on any atom is -0.346 e. The van der Waals surface area contributed by atoms with Gasteiger partial charge in [-0.15, -0.1) is 6.58 Å². The third kappa shape index (κ3) is 8.48. The smallest absolute Gasteiger partial charge is 0.316 e. The lowest BCUT2D eigenvalue weighted by Gasteiger charge is -2.34. The van der Waals surface area contributed by atoms with Crippen LogP contribution >= 0.6 is 0 Å². The maximum Gasteiger partial charge on any atom is 0.316 e. The van der Waals surface area contributed by atoms with Gasteiger partial charge in [0.2, 0.25) is 17.6 Å². The van der Waals surface area contributed by atoms with Gasteiger partial charge in [0.1, 0.15) is 12.1 Å². The van der Waals surface area contributed by atoms with E-state index in [2.05, 4.69) is 41.7 Å². The van der Waals surface area contributed by atoms with Crippen molar-refractivity contribution in [2.75, 3.05) is 13.1 Å². The molecular weight excluding hydrogens is 610 g/mol. The fourth-order valence-electron chi connectivity index (χ4n) is 8.64. The number of Topliss-reactive ketones (excluding diaryl/α,β-unsaturated/α-hetero) is 2. The van der Waals surface area contributed by atoms with Crippen LogP contribution < -0.4 is 21.3 Å². The van der Waals surface area contributed by atoms with Crippen molar-refractivity contribution in [1.29, 1.82) is 0 Å². The number of hydrogen-bond acceptors (Lipinski definition) is 6. The van der Waals surface area contributed by atoms with E-state index >= 15 is 0 Å². The van der Waals surface area contributed by atoms with Crippen LogP contribution in [0, 0.1) is 29.1 Å². The molecule has 3 aliphatic carbocycles. The second-order valence-electron chi connectivity index (χ2n) is 15.6. The number of rotatable bonds is 9. The van der Waals surface area contributed by atoms with E-state index in [-0.39, 0.29) is 47.3 Å². The zero-order chi connectivity index (χ0) is 34.4. The Hall–Kier alpha value is -3.24. The van der Waals surface area contributed by atoms with Crippen LogP contribution in [0.15, 0.2) is 12.7 Å². The Kier molecular flexibility index (Phi) is 12.0. The highest BCUT2D eigenvalue weighted by Crippen LogP contribution is 2.65. The van der Waals surface area contributed by atoms with Gasteiger partial charge in [-0.2, -0.15) is 0 Å². The average molecular weight is 668 g/mol. The van der Waals surface area contributed by atoms with Gasteiger partial charge < -0.3 is 26.2 Å². The zero-order valence-corrected chi connectivity index (χ0v) is 29.0. The maximum absolute atomic E-state index is 14.4. The molecule has 5 fully saturated rings. The van der Waals surface area contributed by atoms with Crippen molar-refractivity contribution in [3.8, 4) is 0 Å². The van der Waals surface area contributed by atoms with Crippen molar-refractivity contribution < 1.29 is 28.8 Å². The summed E-state index contributed by atoms with van der Waals surface area (Å²) in [5.74, 6) is -1.93. The third-order valence-electron chi connectivity index (χ3n) is 11.8. The molecular formula is C37H57N5O6. The molecule has 0 aromatic rings. The van der Waals surface area contributed by atoms with E-state index in [1.165, 1.54) is 6.08 Å². The first kappa shape index (κ1) is 36.1. The number of ketones is 2. The Balaban J connectivity index is 1.34. The molecule has 2 saturated heterocycles. The second kappa shape index (κ2) is 16.0. The van der Waals surface area contributed by atoms with Gasteiger partial charge >= 0.3 is 6.03 Å². The molecule has 0 bridgehead atoms. The zero-order valence-electron chi connectivity index (χ0n) is 29.0. The summed E-state index contributed by atoms with van der Waals surface area (Å²) in [6.45, 7) is 8.30. The lowest BCUT2D eigenvalue weighted by molar-refractivity contribution is -0.144. The van der Waals surface area contributed by atoms with Gasteiger partial charge in [0.25, 0.3) is 5.91 Å². The van der Waals surface area contributed by atoms with Crippen LogP contribution in [0.3, 0.4) is 0 Å². The van der Waals surface area contributed by atoms with Gasteiger partial charge in [-0.25, -0.2) is 4.79 Å².